The van der Waals surface area contributed by atoms with Crippen LogP contribution in [0.4, 0.5) is 17.1 Å². The Balaban J connectivity index is 1.68. The molecular weight excluding hydrogens is 314 g/mol. The summed E-state index contributed by atoms with van der Waals surface area (Å²) in [5, 5.41) is 5.55. The highest BCUT2D eigenvalue weighted by Crippen LogP contribution is 2.18. The summed E-state index contributed by atoms with van der Waals surface area (Å²) in [6.45, 7) is 0. The summed E-state index contributed by atoms with van der Waals surface area (Å²) in [6.07, 6.45) is 0. The minimum Gasteiger partial charge on any atom is -0.397 e. The van der Waals surface area contributed by atoms with Gasteiger partial charge < -0.3 is 16.4 Å². The first-order valence-electron chi connectivity index (χ1n) is 7.76. The Labute approximate surface area is 145 Å². The number of nitrogens with two attached hydrogens (primary N) is 1. The molecule has 0 fully saturated rings. The molecule has 0 bridgehead atoms. The quantitative estimate of drug-likeness (QED) is 0.636. The number of rotatable bonds is 4. The molecule has 0 saturated heterocycles. The number of benzene rings is 3. The van der Waals surface area contributed by atoms with Gasteiger partial charge in [-0.3, -0.25) is 9.59 Å². The van der Waals surface area contributed by atoms with Crippen LogP contribution in [-0.2, 0) is 0 Å². The fourth-order valence-corrected chi connectivity index (χ4v) is 2.30. The van der Waals surface area contributed by atoms with Gasteiger partial charge in [0.2, 0.25) is 0 Å². The number of nitrogen functional groups attached to an aromatic ring is 1. The van der Waals surface area contributed by atoms with Gasteiger partial charge in [-0.1, -0.05) is 30.3 Å². The maximum atomic E-state index is 12.3. The zero-order chi connectivity index (χ0) is 17.6. The van der Waals surface area contributed by atoms with Crippen LogP contribution < -0.4 is 16.4 Å². The van der Waals surface area contributed by atoms with Crippen molar-refractivity contribution in [2.75, 3.05) is 16.4 Å². The van der Waals surface area contributed by atoms with Crippen LogP contribution in [0.2, 0.25) is 0 Å². The first-order chi connectivity index (χ1) is 12.1. The van der Waals surface area contributed by atoms with E-state index in [4.69, 9.17) is 5.73 Å². The summed E-state index contributed by atoms with van der Waals surface area (Å²) in [5.74, 6) is -0.515. The highest BCUT2D eigenvalue weighted by Gasteiger charge is 2.10. The molecule has 4 N–H and O–H groups in total. The molecule has 0 saturated carbocycles. The second-order valence-corrected chi connectivity index (χ2v) is 5.44. The Morgan fingerprint density at radius 1 is 0.640 bits per heavy atom. The van der Waals surface area contributed by atoms with Crippen LogP contribution in [-0.4, -0.2) is 11.8 Å². The van der Waals surface area contributed by atoms with E-state index in [0.29, 0.717) is 28.2 Å². The van der Waals surface area contributed by atoms with E-state index in [2.05, 4.69) is 10.6 Å². The third-order valence-electron chi connectivity index (χ3n) is 3.65. The Morgan fingerprint density at radius 3 is 1.76 bits per heavy atom. The molecule has 3 rings (SSSR count). The molecule has 5 nitrogen and oxygen atoms in total. The van der Waals surface area contributed by atoms with Crippen molar-refractivity contribution in [1.29, 1.82) is 0 Å². The van der Waals surface area contributed by atoms with Crippen molar-refractivity contribution in [1.82, 2.24) is 0 Å². The smallest absolute Gasteiger partial charge is 0.255 e. The lowest BCUT2D eigenvalue weighted by molar-refractivity contribution is 0.101. The van der Waals surface area contributed by atoms with Gasteiger partial charge in [-0.2, -0.15) is 0 Å². The van der Waals surface area contributed by atoms with Crippen LogP contribution in [0.1, 0.15) is 20.7 Å². The Morgan fingerprint density at radius 2 is 1.16 bits per heavy atom. The van der Waals surface area contributed by atoms with Crippen molar-refractivity contribution in [3.05, 3.63) is 90.0 Å². The Hall–Kier alpha value is -3.60. The van der Waals surface area contributed by atoms with E-state index in [0.717, 1.165) is 0 Å². The molecule has 25 heavy (non-hydrogen) atoms. The number of para-hydroxylation sites is 3. The summed E-state index contributed by atoms with van der Waals surface area (Å²) >= 11 is 0. The van der Waals surface area contributed by atoms with Crippen molar-refractivity contribution >= 4 is 28.9 Å². The molecule has 2 amide bonds. The fraction of sp³-hybridized carbons (Fsp3) is 0. The van der Waals surface area contributed by atoms with Gasteiger partial charge in [0.25, 0.3) is 11.8 Å². The largest absolute Gasteiger partial charge is 0.397 e. The van der Waals surface area contributed by atoms with E-state index in [-0.39, 0.29) is 11.8 Å². The fourth-order valence-electron chi connectivity index (χ4n) is 2.30. The number of carbonyl (C=O) groups is 2. The van der Waals surface area contributed by atoms with Crippen LogP contribution in [0.15, 0.2) is 78.9 Å². The molecule has 124 valence electrons. The summed E-state index contributed by atoms with van der Waals surface area (Å²) in [5.41, 5.74) is 8.50. The van der Waals surface area contributed by atoms with Gasteiger partial charge in [-0.15, -0.1) is 0 Å². The lowest BCUT2D eigenvalue weighted by atomic mass is 10.1. The van der Waals surface area contributed by atoms with E-state index in [1.807, 2.05) is 30.3 Å². The number of hydrogen-bond acceptors (Lipinski definition) is 3. The molecule has 5 heteroatoms. The molecule has 0 atom stereocenters. The lowest BCUT2D eigenvalue weighted by Gasteiger charge is -2.09. The number of anilines is 3. The van der Waals surface area contributed by atoms with Crippen molar-refractivity contribution in [3.63, 3.8) is 0 Å². The van der Waals surface area contributed by atoms with E-state index in [1.54, 1.807) is 48.5 Å². The van der Waals surface area contributed by atoms with Crippen molar-refractivity contribution < 1.29 is 9.59 Å². The van der Waals surface area contributed by atoms with Gasteiger partial charge in [0.1, 0.15) is 0 Å². The molecule has 0 aliphatic carbocycles. The maximum absolute atomic E-state index is 12.3. The van der Waals surface area contributed by atoms with Gasteiger partial charge >= 0.3 is 0 Å². The van der Waals surface area contributed by atoms with Crippen molar-refractivity contribution in [3.8, 4) is 0 Å². The summed E-state index contributed by atoms with van der Waals surface area (Å²) in [4.78, 5) is 24.5. The molecule has 0 aromatic heterocycles. The normalized spacial score (nSPS) is 10.1. The molecule has 0 aliphatic rings. The van der Waals surface area contributed by atoms with Crippen LogP contribution in [0, 0.1) is 0 Å². The molecule has 0 radical (unpaired) electrons. The topological polar surface area (TPSA) is 84.2 Å². The molecule has 0 spiro atoms. The molecule has 0 aliphatic heterocycles. The van der Waals surface area contributed by atoms with Crippen LogP contribution >= 0.6 is 0 Å². The van der Waals surface area contributed by atoms with Crippen molar-refractivity contribution in [2.24, 2.45) is 0 Å². The van der Waals surface area contributed by atoms with E-state index in [9.17, 15) is 9.59 Å². The average molecular weight is 331 g/mol. The Bertz CT molecular complexity index is 890. The number of nitrogens with one attached hydrogen (secondary N) is 2. The minimum absolute atomic E-state index is 0.231. The van der Waals surface area contributed by atoms with E-state index < -0.39 is 0 Å². The standard InChI is InChI=1S/C20H17N3O2/c21-17-8-4-5-9-18(17)23-20(25)15-12-10-14(11-13-15)19(24)22-16-6-2-1-3-7-16/h1-13H,21H2,(H,22,24)(H,23,25). The minimum atomic E-state index is -0.284. The lowest BCUT2D eigenvalue weighted by Crippen LogP contribution is -2.15. The molecule has 3 aromatic carbocycles. The third-order valence-corrected chi connectivity index (χ3v) is 3.65. The SMILES string of the molecule is Nc1ccccc1NC(=O)c1ccc(C(=O)Nc2ccccc2)cc1. The second-order valence-electron chi connectivity index (χ2n) is 5.44. The van der Waals surface area contributed by atoms with Crippen LogP contribution in [0.5, 0.6) is 0 Å². The first kappa shape index (κ1) is 16.3. The van der Waals surface area contributed by atoms with E-state index in [1.165, 1.54) is 0 Å². The number of amides is 2. The highest BCUT2D eigenvalue weighted by atomic mass is 16.2. The van der Waals surface area contributed by atoms with Gasteiger partial charge in [0.05, 0.1) is 11.4 Å². The monoisotopic (exact) mass is 331 g/mol. The van der Waals surface area contributed by atoms with Gasteiger partial charge in [0, 0.05) is 16.8 Å². The van der Waals surface area contributed by atoms with E-state index >= 15 is 0 Å². The molecule has 0 heterocycles. The summed E-state index contributed by atoms with van der Waals surface area (Å²) in [6, 6.07) is 22.7. The maximum Gasteiger partial charge on any atom is 0.255 e. The van der Waals surface area contributed by atoms with Crippen LogP contribution in [0.3, 0.4) is 0 Å². The van der Waals surface area contributed by atoms with Gasteiger partial charge in [0.15, 0.2) is 0 Å². The highest BCUT2D eigenvalue weighted by molar-refractivity contribution is 6.07. The van der Waals surface area contributed by atoms with Crippen LogP contribution in [0.25, 0.3) is 0 Å². The first-order valence-corrected chi connectivity index (χ1v) is 7.76. The Kier molecular flexibility index (Phi) is 4.76. The van der Waals surface area contributed by atoms with Gasteiger partial charge in [-0.25, -0.2) is 0 Å². The summed E-state index contributed by atoms with van der Waals surface area (Å²) < 4.78 is 0. The zero-order valence-corrected chi connectivity index (χ0v) is 13.4. The second kappa shape index (κ2) is 7.31. The molecule has 0 unspecified atom stereocenters. The molecule has 3 aromatic rings. The number of hydrogen-bond donors (Lipinski definition) is 3. The number of carbonyl (C=O) groups excluding carboxylic acids is 2. The van der Waals surface area contributed by atoms with Crippen molar-refractivity contribution in [2.45, 2.75) is 0 Å². The zero-order valence-electron chi connectivity index (χ0n) is 13.4. The average Bonchev–Trinajstić information content (AvgIpc) is 2.64. The molecular formula is C20H17N3O2. The summed E-state index contributed by atoms with van der Waals surface area (Å²) in [7, 11) is 0. The predicted octanol–water partition coefficient (Wildman–Crippen LogP) is 3.77. The van der Waals surface area contributed by atoms with Gasteiger partial charge in [-0.05, 0) is 48.5 Å². The predicted molar refractivity (Wildman–Crippen MR) is 99.6 cm³/mol. The third kappa shape index (κ3) is 4.03.